The van der Waals surface area contributed by atoms with Crippen LogP contribution >= 0.6 is 0 Å². The van der Waals surface area contributed by atoms with Gasteiger partial charge in [0.2, 0.25) is 0 Å². The molecule has 0 aliphatic rings. The second-order valence-electron chi connectivity index (χ2n) is 0. The summed E-state index contributed by atoms with van der Waals surface area (Å²) >= 11 is 0. The van der Waals surface area contributed by atoms with E-state index in [4.69, 9.17) is 0 Å². The van der Waals surface area contributed by atoms with E-state index >= 15 is 0 Å². The monoisotopic (exact) mass is 397 g/mol. The zero-order chi connectivity index (χ0) is 0. The molecule has 0 heterocycles. The SMILES string of the molecule is [Lu+3].[O-2].[O-2].[O-2].[Yb+3]. The molecule has 0 bridgehead atoms. The van der Waals surface area contributed by atoms with E-state index in [1.165, 1.54) is 0 Å². The van der Waals surface area contributed by atoms with Crippen LogP contribution in [0.2, 0.25) is 0 Å². The molecule has 0 aromatic rings. The summed E-state index contributed by atoms with van der Waals surface area (Å²) in [5, 5.41) is 0. The Labute approximate surface area is 97.9 Å². The Hall–Kier alpha value is 2.63. The Kier molecular flexibility index (Phi) is 294. The molecule has 47 valence electrons. The van der Waals surface area contributed by atoms with Gasteiger partial charge >= 0.3 is 83.8 Å². The van der Waals surface area contributed by atoms with Gasteiger partial charge in [0.25, 0.3) is 0 Å². The standard InChI is InChI=1S/Lu.3O.Yb/q+3;3*-2;+3. The first kappa shape index (κ1) is 48.4. The minimum absolute atomic E-state index is 0. The summed E-state index contributed by atoms with van der Waals surface area (Å²) < 4.78 is 0. The summed E-state index contributed by atoms with van der Waals surface area (Å²) in [6.45, 7) is 0. The van der Waals surface area contributed by atoms with Crippen LogP contribution < -0.4 is 0 Å². The van der Waals surface area contributed by atoms with Crippen LogP contribution in [0.4, 0.5) is 0 Å². The van der Waals surface area contributed by atoms with Gasteiger partial charge in [-0.25, -0.2) is 0 Å². The molecule has 0 aliphatic heterocycles. The second kappa shape index (κ2) is 30.4. The third kappa shape index (κ3) is 20.5. The molecule has 0 saturated heterocycles. The molecule has 0 aliphatic carbocycles. The van der Waals surface area contributed by atoms with Crippen molar-refractivity contribution in [3.8, 4) is 0 Å². The average Bonchev–Trinajstić information content (AvgIpc) is 0. The Balaban J connectivity index is 0. The Morgan fingerprint density at radius 2 is 0.600 bits per heavy atom. The fourth-order valence-electron chi connectivity index (χ4n) is 0. The minimum atomic E-state index is 0. The molecule has 1 radical (unpaired) electrons. The van der Waals surface area contributed by atoms with E-state index in [2.05, 4.69) is 0 Å². The number of hydrogen-bond donors (Lipinski definition) is 0. The topological polar surface area (TPSA) is 85.5 Å². The van der Waals surface area contributed by atoms with Crippen LogP contribution in [0, 0.1) is 83.8 Å². The van der Waals surface area contributed by atoms with Crippen LogP contribution in [0.15, 0.2) is 0 Å². The van der Waals surface area contributed by atoms with Crippen LogP contribution in [0.1, 0.15) is 0 Å². The van der Waals surface area contributed by atoms with Crippen molar-refractivity contribution in [2.24, 2.45) is 0 Å². The van der Waals surface area contributed by atoms with Crippen molar-refractivity contribution in [3.05, 3.63) is 0 Å². The van der Waals surface area contributed by atoms with Crippen molar-refractivity contribution in [3.63, 3.8) is 0 Å². The van der Waals surface area contributed by atoms with Gasteiger partial charge in [-0.3, -0.25) is 0 Å². The van der Waals surface area contributed by atoms with Crippen molar-refractivity contribution in [1.82, 2.24) is 0 Å². The number of hydrogen-bond acceptors (Lipinski definition) is 0. The van der Waals surface area contributed by atoms with Crippen LogP contribution in [-0.4, -0.2) is 0 Å². The fourth-order valence-corrected chi connectivity index (χ4v) is 0. The van der Waals surface area contributed by atoms with Crippen LogP contribution in [0.5, 0.6) is 0 Å². The van der Waals surface area contributed by atoms with Crippen molar-refractivity contribution in [2.45, 2.75) is 0 Å². The molecule has 3 nitrogen and oxygen atoms in total. The van der Waals surface area contributed by atoms with Crippen molar-refractivity contribution in [2.75, 3.05) is 0 Å². The Morgan fingerprint density at radius 3 is 0.600 bits per heavy atom. The Morgan fingerprint density at radius 1 is 0.600 bits per heavy atom. The van der Waals surface area contributed by atoms with E-state index in [1.807, 2.05) is 0 Å². The van der Waals surface area contributed by atoms with Gasteiger partial charge < -0.3 is 16.4 Å². The average molecular weight is 396 g/mol. The predicted molar refractivity (Wildman–Crippen MR) is 2.06 cm³/mol. The quantitative estimate of drug-likeness (QED) is 0.536. The van der Waals surface area contributed by atoms with Crippen LogP contribution in [-0.2, 0) is 16.4 Å². The second-order valence-corrected chi connectivity index (χ2v) is 0. The van der Waals surface area contributed by atoms with Gasteiger partial charge in [-0.1, -0.05) is 0 Å². The van der Waals surface area contributed by atoms with Crippen LogP contribution in [0.3, 0.4) is 0 Å². The smallest absolute Gasteiger partial charge is 2.00 e. The molecule has 5 heavy (non-hydrogen) atoms. The van der Waals surface area contributed by atoms with E-state index in [0.29, 0.717) is 0 Å². The zero-order valence-electron chi connectivity index (χ0n) is 1.75. The maximum atomic E-state index is 0. The molecule has 0 aromatic carbocycles. The summed E-state index contributed by atoms with van der Waals surface area (Å²) in [4.78, 5) is 0. The van der Waals surface area contributed by atoms with Gasteiger partial charge in [0.15, 0.2) is 0 Å². The van der Waals surface area contributed by atoms with E-state index in [1.54, 1.807) is 0 Å². The maximum Gasteiger partial charge on any atom is 3.00 e. The molecular weight excluding hydrogens is 396 g/mol. The third-order valence-corrected chi connectivity index (χ3v) is 0. The van der Waals surface area contributed by atoms with Gasteiger partial charge in [-0.05, 0) is 0 Å². The third-order valence-electron chi connectivity index (χ3n) is 0. The summed E-state index contributed by atoms with van der Waals surface area (Å²) in [6.07, 6.45) is 0. The first-order chi connectivity index (χ1) is 0. The van der Waals surface area contributed by atoms with Crippen molar-refractivity contribution >= 4 is 0 Å². The molecule has 0 saturated carbocycles. The van der Waals surface area contributed by atoms with E-state index in [-0.39, 0.29) is 100 Å². The molecule has 0 fully saturated rings. The maximum absolute atomic E-state index is 0. The largest absolute Gasteiger partial charge is 3.00 e. The van der Waals surface area contributed by atoms with Crippen molar-refractivity contribution in [1.29, 1.82) is 0 Å². The van der Waals surface area contributed by atoms with Gasteiger partial charge in [0, 0.05) is 0 Å². The molecule has 0 amide bonds. The molecule has 0 spiro atoms. The summed E-state index contributed by atoms with van der Waals surface area (Å²) in [5.74, 6) is 0. The Bertz CT molecular complexity index is 6.85. The van der Waals surface area contributed by atoms with E-state index < -0.39 is 0 Å². The molecule has 0 aromatic heterocycles. The molecule has 0 atom stereocenters. The molecule has 0 N–H and O–H groups in total. The first-order valence-corrected chi connectivity index (χ1v) is 0. The van der Waals surface area contributed by atoms with Gasteiger partial charge in [0.1, 0.15) is 0 Å². The van der Waals surface area contributed by atoms with Gasteiger partial charge in [-0.2, -0.15) is 0 Å². The predicted octanol–water partition coefficient (Wildman–Crippen LogP) is -0.356. The fraction of sp³-hybridized carbons (Fsp3) is 0. The van der Waals surface area contributed by atoms with E-state index in [9.17, 15) is 0 Å². The minimum Gasteiger partial charge on any atom is -2.00 e. The van der Waals surface area contributed by atoms with Gasteiger partial charge in [0.05, 0.1) is 0 Å². The first-order valence-electron chi connectivity index (χ1n) is 0. The number of rotatable bonds is 0. The van der Waals surface area contributed by atoms with E-state index in [0.717, 1.165) is 0 Å². The van der Waals surface area contributed by atoms with Crippen molar-refractivity contribution < 1.29 is 100 Å². The molecule has 5 heteroatoms. The molecule has 0 unspecified atom stereocenters. The zero-order valence-corrected chi connectivity index (χ0v) is 5.12. The normalized spacial score (nSPS) is 0. The van der Waals surface area contributed by atoms with Crippen LogP contribution in [0.25, 0.3) is 0 Å². The van der Waals surface area contributed by atoms with Gasteiger partial charge in [-0.15, -0.1) is 0 Å². The molecular formula is LuO3Yb. The molecule has 0 rings (SSSR count). The summed E-state index contributed by atoms with van der Waals surface area (Å²) in [7, 11) is 0. The summed E-state index contributed by atoms with van der Waals surface area (Å²) in [6, 6.07) is 0. The summed E-state index contributed by atoms with van der Waals surface area (Å²) in [5.41, 5.74) is 0.